The number of carbonyl (C=O) groups excluding carboxylic acids is 2. The number of benzene rings is 2. The number of hydrogen-bond acceptors (Lipinski definition) is 4. The van der Waals surface area contributed by atoms with Crippen LogP contribution < -0.4 is 9.62 Å². The number of hydrogen-bond donors (Lipinski definition) is 1. The van der Waals surface area contributed by atoms with Gasteiger partial charge in [0.25, 0.3) is 0 Å². The number of sulfonamides is 1. The molecule has 2 rings (SSSR count). The summed E-state index contributed by atoms with van der Waals surface area (Å²) in [6.45, 7) is 6.84. The molecule has 0 bridgehead atoms. The van der Waals surface area contributed by atoms with Gasteiger partial charge in [0.1, 0.15) is 12.6 Å². The van der Waals surface area contributed by atoms with Gasteiger partial charge in [0.2, 0.25) is 21.8 Å². The van der Waals surface area contributed by atoms with E-state index in [0.29, 0.717) is 0 Å². The summed E-state index contributed by atoms with van der Waals surface area (Å²) in [6.07, 6.45) is 0.994. The Labute approximate surface area is 205 Å². The maximum absolute atomic E-state index is 13.4. The van der Waals surface area contributed by atoms with E-state index < -0.39 is 28.5 Å². The van der Waals surface area contributed by atoms with Gasteiger partial charge in [-0.25, -0.2) is 8.42 Å². The monoisotopic (exact) mass is 513 g/mol. The molecule has 0 radical (unpaired) electrons. The number of carbonyl (C=O) groups is 2. The Balaban J connectivity index is 2.41. The molecule has 0 heterocycles. The van der Waals surface area contributed by atoms with Crippen LogP contribution in [0.15, 0.2) is 42.5 Å². The molecular weight excluding hydrogens is 485 g/mol. The predicted molar refractivity (Wildman–Crippen MR) is 133 cm³/mol. The van der Waals surface area contributed by atoms with Gasteiger partial charge >= 0.3 is 0 Å². The van der Waals surface area contributed by atoms with Crippen LogP contribution in [0.2, 0.25) is 10.0 Å². The minimum Gasteiger partial charge on any atom is -0.352 e. The number of rotatable bonds is 9. The van der Waals surface area contributed by atoms with Crippen LogP contribution >= 0.6 is 23.2 Å². The Morgan fingerprint density at radius 3 is 2.03 bits per heavy atom. The van der Waals surface area contributed by atoms with E-state index >= 15 is 0 Å². The summed E-state index contributed by atoms with van der Waals surface area (Å²) in [5.41, 5.74) is 2.04. The van der Waals surface area contributed by atoms with Crippen molar-refractivity contribution in [2.24, 2.45) is 0 Å². The van der Waals surface area contributed by atoms with Crippen LogP contribution in [-0.2, 0) is 26.2 Å². The summed E-state index contributed by atoms with van der Waals surface area (Å²) in [5.74, 6) is -0.870. The predicted octanol–water partition coefficient (Wildman–Crippen LogP) is 4.01. The fourth-order valence-electron chi connectivity index (χ4n) is 3.17. The molecule has 0 aliphatic carbocycles. The van der Waals surface area contributed by atoms with E-state index in [9.17, 15) is 18.0 Å². The van der Waals surface area contributed by atoms with Gasteiger partial charge in [-0.15, -0.1) is 0 Å². The highest BCUT2D eigenvalue weighted by Crippen LogP contribution is 2.27. The standard InChI is InChI=1S/C23H29Cl2N3O4S/c1-15(2)26-23(30)17(4)27(13-18-8-6-16(3)7-9-18)22(29)14-28(33(5,31)32)21-11-19(24)10-20(25)12-21/h6-12,15,17H,13-14H2,1-5H3,(H,26,30). The van der Waals surface area contributed by atoms with Crippen LogP contribution in [0.4, 0.5) is 5.69 Å². The van der Waals surface area contributed by atoms with Crippen LogP contribution in [-0.4, -0.2) is 50.0 Å². The lowest BCUT2D eigenvalue weighted by atomic mass is 10.1. The molecule has 1 unspecified atom stereocenters. The molecule has 2 aromatic rings. The van der Waals surface area contributed by atoms with Crippen molar-refractivity contribution >= 4 is 50.7 Å². The Morgan fingerprint density at radius 1 is 1.00 bits per heavy atom. The Morgan fingerprint density at radius 2 is 1.55 bits per heavy atom. The SMILES string of the molecule is Cc1ccc(CN(C(=O)CN(c2cc(Cl)cc(Cl)c2)S(C)(=O)=O)C(C)C(=O)NC(C)C)cc1. The summed E-state index contributed by atoms with van der Waals surface area (Å²) >= 11 is 12.1. The van der Waals surface area contributed by atoms with E-state index in [0.717, 1.165) is 21.7 Å². The van der Waals surface area contributed by atoms with Crippen molar-refractivity contribution in [2.75, 3.05) is 17.1 Å². The van der Waals surface area contributed by atoms with Crippen molar-refractivity contribution in [1.29, 1.82) is 0 Å². The Bertz CT molecular complexity index is 1080. The number of nitrogens with one attached hydrogen (secondary N) is 1. The molecule has 2 amide bonds. The molecular formula is C23H29Cl2N3O4S. The van der Waals surface area contributed by atoms with Gasteiger partial charge in [-0.1, -0.05) is 53.0 Å². The zero-order valence-electron chi connectivity index (χ0n) is 19.3. The third-order valence-electron chi connectivity index (χ3n) is 4.89. The van der Waals surface area contributed by atoms with E-state index in [4.69, 9.17) is 23.2 Å². The van der Waals surface area contributed by atoms with Crippen LogP contribution in [0.25, 0.3) is 0 Å². The molecule has 2 aromatic carbocycles. The molecule has 10 heteroatoms. The second-order valence-corrected chi connectivity index (χ2v) is 11.0. The molecule has 0 aliphatic rings. The van der Waals surface area contributed by atoms with Crippen molar-refractivity contribution < 1.29 is 18.0 Å². The Hall–Kier alpha value is -2.29. The second-order valence-electron chi connectivity index (χ2n) is 8.24. The average Bonchev–Trinajstić information content (AvgIpc) is 2.68. The molecule has 0 aromatic heterocycles. The summed E-state index contributed by atoms with van der Waals surface area (Å²) < 4.78 is 26.0. The van der Waals surface area contributed by atoms with E-state index in [-0.39, 0.29) is 34.2 Å². The van der Waals surface area contributed by atoms with Crippen LogP contribution in [0.1, 0.15) is 31.9 Å². The molecule has 0 saturated carbocycles. The van der Waals surface area contributed by atoms with Crippen molar-refractivity contribution in [2.45, 2.75) is 46.3 Å². The van der Waals surface area contributed by atoms with Crippen molar-refractivity contribution in [3.05, 3.63) is 63.6 Å². The second kappa shape index (κ2) is 11.2. The van der Waals surface area contributed by atoms with Crippen molar-refractivity contribution in [3.8, 4) is 0 Å². The molecule has 0 aliphatic heterocycles. The van der Waals surface area contributed by atoms with Crippen molar-refractivity contribution in [3.63, 3.8) is 0 Å². The quantitative estimate of drug-likeness (QED) is 0.548. The first-order valence-corrected chi connectivity index (χ1v) is 13.0. The number of anilines is 1. The molecule has 1 N–H and O–H groups in total. The third kappa shape index (κ3) is 7.91. The average molecular weight is 514 g/mol. The third-order valence-corrected chi connectivity index (χ3v) is 6.46. The largest absolute Gasteiger partial charge is 0.352 e. The molecule has 0 saturated heterocycles. The lowest BCUT2D eigenvalue weighted by molar-refractivity contribution is -0.139. The molecule has 0 spiro atoms. The molecule has 0 fully saturated rings. The number of nitrogens with zero attached hydrogens (tertiary/aromatic N) is 2. The molecule has 1 atom stereocenters. The zero-order chi connectivity index (χ0) is 24.9. The van der Waals surface area contributed by atoms with E-state index in [2.05, 4.69) is 5.32 Å². The van der Waals surface area contributed by atoms with Crippen molar-refractivity contribution in [1.82, 2.24) is 10.2 Å². The summed E-state index contributed by atoms with van der Waals surface area (Å²) in [4.78, 5) is 27.5. The minimum atomic E-state index is -3.86. The highest BCUT2D eigenvalue weighted by Gasteiger charge is 2.30. The fraction of sp³-hybridized carbons (Fsp3) is 0.391. The van der Waals surface area contributed by atoms with Crippen LogP contribution in [0, 0.1) is 6.92 Å². The maximum Gasteiger partial charge on any atom is 0.244 e. The van der Waals surface area contributed by atoms with Crippen LogP contribution in [0.3, 0.4) is 0 Å². The summed E-state index contributed by atoms with van der Waals surface area (Å²) in [7, 11) is -3.86. The first-order valence-electron chi connectivity index (χ1n) is 10.4. The zero-order valence-corrected chi connectivity index (χ0v) is 21.6. The van der Waals surface area contributed by atoms with Gasteiger partial charge in [0.15, 0.2) is 0 Å². The Kier molecular flexibility index (Phi) is 9.17. The fourth-order valence-corrected chi connectivity index (χ4v) is 4.52. The van der Waals surface area contributed by atoms with Gasteiger partial charge in [0.05, 0.1) is 11.9 Å². The van der Waals surface area contributed by atoms with Gasteiger partial charge in [-0.3, -0.25) is 13.9 Å². The summed E-state index contributed by atoms with van der Waals surface area (Å²) in [5, 5.41) is 3.28. The normalized spacial score (nSPS) is 12.4. The van der Waals surface area contributed by atoms with Gasteiger partial charge < -0.3 is 10.2 Å². The number of amides is 2. The smallest absolute Gasteiger partial charge is 0.244 e. The van der Waals surface area contributed by atoms with E-state index in [1.165, 1.54) is 23.1 Å². The lowest BCUT2D eigenvalue weighted by Gasteiger charge is -2.32. The summed E-state index contributed by atoms with van der Waals surface area (Å²) in [6, 6.07) is 10.9. The first kappa shape index (κ1) is 27.0. The molecule has 180 valence electrons. The number of halogens is 2. The topological polar surface area (TPSA) is 86.8 Å². The number of aryl methyl sites for hydroxylation is 1. The lowest BCUT2D eigenvalue weighted by Crippen LogP contribution is -2.52. The van der Waals surface area contributed by atoms with E-state index in [1.54, 1.807) is 6.92 Å². The highest BCUT2D eigenvalue weighted by molar-refractivity contribution is 7.92. The molecule has 7 nitrogen and oxygen atoms in total. The maximum atomic E-state index is 13.4. The highest BCUT2D eigenvalue weighted by atomic mass is 35.5. The molecule has 33 heavy (non-hydrogen) atoms. The van der Waals surface area contributed by atoms with E-state index in [1.807, 2.05) is 45.0 Å². The minimum absolute atomic E-state index is 0.114. The van der Waals surface area contributed by atoms with Gasteiger partial charge in [-0.2, -0.15) is 0 Å². The van der Waals surface area contributed by atoms with Gasteiger partial charge in [-0.05, 0) is 51.5 Å². The first-order chi connectivity index (χ1) is 15.3. The van der Waals surface area contributed by atoms with Gasteiger partial charge in [0, 0.05) is 22.6 Å². The van der Waals surface area contributed by atoms with Crippen LogP contribution in [0.5, 0.6) is 0 Å².